The molecular weight excluding hydrogens is 296 g/mol. The van der Waals surface area contributed by atoms with E-state index in [0.717, 1.165) is 37.7 Å². The zero-order chi connectivity index (χ0) is 15.9. The Bertz CT molecular complexity index is 788. The summed E-state index contributed by atoms with van der Waals surface area (Å²) >= 11 is 0. The highest BCUT2D eigenvalue weighted by atomic mass is 15.3. The van der Waals surface area contributed by atoms with Crippen molar-refractivity contribution in [2.75, 3.05) is 31.1 Å². The van der Waals surface area contributed by atoms with Crippen LogP contribution in [0.5, 0.6) is 0 Å². The molecule has 3 aliphatic rings. The molecule has 0 spiro atoms. The van der Waals surface area contributed by atoms with Crippen molar-refractivity contribution < 1.29 is 0 Å². The van der Waals surface area contributed by atoms with E-state index in [1.165, 1.54) is 29.8 Å². The third-order valence-corrected chi connectivity index (χ3v) is 5.10. The van der Waals surface area contributed by atoms with Crippen molar-refractivity contribution >= 4 is 22.9 Å². The zero-order valence-electron chi connectivity index (χ0n) is 13.8. The molecule has 0 radical (unpaired) electrons. The van der Waals surface area contributed by atoms with Crippen LogP contribution >= 0.6 is 0 Å². The smallest absolute Gasteiger partial charge is 0.138 e. The number of anilines is 2. The third kappa shape index (κ3) is 2.29. The van der Waals surface area contributed by atoms with Crippen LogP contribution in [0.15, 0.2) is 53.5 Å². The lowest BCUT2D eigenvalue weighted by atomic mass is 10.1. The highest BCUT2D eigenvalue weighted by Crippen LogP contribution is 2.46. The van der Waals surface area contributed by atoms with Gasteiger partial charge in [0.15, 0.2) is 0 Å². The molecule has 24 heavy (non-hydrogen) atoms. The summed E-state index contributed by atoms with van der Waals surface area (Å²) in [4.78, 5) is 10.1. The summed E-state index contributed by atoms with van der Waals surface area (Å²) < 4.78 is 0. The van der Waals surface area contributed by atoms with Gasteiger partial charge in [-0.25, -0.2) is 4.99 Å². The van der Waals surface area contributed by atoms with E-state index in [2.05, 4.69) is 63.6 Å². The van der Waals surface area contributed by atoms with Crippen LogP contribution in [0.3, 0.4) is 0 Å². The van der Waals surface area contributed by atoms with Crippen molar-refractivity contribution in [3.63, 3.8) is 0 Å². The van der Waals surface area contributed by atoms with E-state index in [1.54, 1.807) is 0 Å². The maximum Gasteiger partial charge on any atom is 0.138 e. The van der Waals surface area contributed by atoms with Crippen LogP contribution in [-0.2, 0) is 0 Å². The van der Waals surface area contributed by atoms with Crippen molar-refractivity contribution in [1.82, 2.24) is 10.2 Å². The molecule has 5 rings (SSSR count). The Kier molecular flexibility index (Phi) is 3.30. The van der Waals surface area contributed by atoms with Crippen LogP contribution in [0.1, 0.15) is 18.4 Å². The van der Waals surface area contributed by atoms with Gasteiger partial charge >= 0.3 is 0 Å². The number of rotatable bonds is 1. The molecular formula is C20H22N4. The molecule has 2 aromatic rings. The van der Waals surface area contributed by atoms with Gasteiger partial charge in [-0.3, -0.25) is 0 Å². The van der Waals surface area contributed by atoms with Gasteiger partial charge in [0.05, 0.1) is 17.1 Å². The van der Waals surface area contributed by atoms with Crippen molar-refractivity contribution in [2.24, 2.45) is 4.99 Å². The summed E-state index contributed by atoms with van der Waals surface area (Å²) in [6.07, 6.45) is 2.54. The van der Waals surface area contributed by atoms with E-state index in [9.17, 15) is 0 Å². The van der Waals surface area contributed by atoms with Gasteiger partial charge in [-0.05, 0) is 37.1 Å². The molecule has 1 saturated carbocycles. The Balaban J connectivity index is 1.72. The molecule has 0 amide bonds. The largest absolute Gasteiger partial charge is 0.353 e. The molecule has 2 aromatic carbocycles. The van der Waals surface area contributed by atoms with Crippen LogP contribution in [0.2, 0.25) is 0 Å². The van der Waals surface area contributed by atoms with E-state index in [4.69, 9.17) is 4.99 Å². The first-order valence-corrected chi connectivity index (χ1v) is 8.94. The van der Waals surface area contributed by atoms with Crippen molar-refractivity contribution in [3.05, 3.63) is 54.1 Å². The van der Waals surface area contributed by atoms with Crippen LogP contribution in [0.4, 0.5) is 17.1 Å². The molecule has 4 heteroatoms. The van der Waals surface area contributed by atoms with Gasteiger partial charge in [0, 0.05) is 37.8 Å². The number of fused-ring (bicyclic) bond motifs is 2. The first-order chi connectivity index (χ1) is 11.9. The molecule has 2 heterocycles. The SMILES string of the molecule is c1ccc2c(c1)N=C(N1CCNCC1)c1ccccc1N2C1CC1. The summed E-state index contributed by atoms with van der Waals surface area (Å²) in [6.45, 7) is 4.07. The molecule has 0 bridgehead atoms. The molecule has 2 fully saturated rings. The topological polar surface area (TPSA) is 30.9 Å². The second-order valence-corrected chi connectivity index (χ2v) is 6.78. The number of hydrogen-bond donors (Lipinski definition) is 1. The Labute approximate surface area is 142 Å². The standard InChI is InChI=1S/C20H22N4/c1-3-7-18-16(5-1)20(23-13-11-21-12-14-23)22-17-6-2-4-8-19(17)24(18)15-9-10-15/h1-8,15,21H,9-14H2. The predicted molar refractivity (Wildman–Crippen MR) is 98.7 cm³/mol. The number of piperazine rings is 1. The molecule has 1 aliphatic carbocycles. The molecule has 0 aromatic heterocycles. The number of amidine groups is 1. The molecule has 2 aliphatic heterocycles. The summed E-state index contributed by atoms with van der Waals surface area (Å²) in [5.41, 5.74) is 4.91. The molecule has 4 nitrogen and oxygen atoms in total. The van der Waals surface area contributed by atoms with Crippen LogP contribution in [-0.4, -0.2) is 43.0 Å². The Morgan fingerprint density at radius 1 is 0.875 bits per heavy atom. The fraction of sp³-hybridized carbons (Fsp3) is 0.350. The number of para-hydroxylation sites is 3. The summed E-state index contributed by atoms with van der Waals surface area (Å²) in [6, 6.07) is 18.0. The van der Waals surface area contributed by atoms with Crippen molar-refractivity contribution in [1.29, 1.82) is 0 Å². The lowest BCUT2D eigenvalue weighted by Gasteiger charge is -2.31. The number of aliphatic imine (C=N–C) groups is 1. The van der Waals surface area contributed by atoms with E-state index in [-0.39, 0.29) is 0 Å². The fourth-order valence-electron chi connectivity index (χ4n) is 3.78. The van der Waals surface area contributed by atoms with Crippen LogP contribution < -0.4 is 10.2 Å². The van der Waals surface area contributed by atoms with E-state index >= 15 is 0 Å². The monoisotopic (exact) mass is 318 g/mol. The van der Waals surface area contributed by atoms with Gasteiger partial charge < -0.3 is 15.1 Å². The maximum absolute atomic E-state index is 5.14. The second-order valence-electron chi connectivity index (χ2n) is 6.78. The van der Waals surface area contributed by atoms with Crippen LogP contribution in [0, 0.1) is 0 Å². The van der Waals surface area contributed by atoms with E-state index < -0.39 is 0 Å². The van der Waals surface area contributed by atoms with Crippen molar-refractivity contribution in [2.45, 2.75) is 18.9 Å². The first-order valence-electron chi connectivity index (χ1n) is 8.94. The van der Waals surface area contributed by atoms with Gasteiger partial charge in [-0.1, -0.05) is 24.3 Å². The third-order valence-electron chi connectivity index (χ3n) is 5.10. The number of benzene rings is 2. The molecule has 0 atom stereocenters. The minimum Gasteiger partial charge on any atom is -0.353 e. The number of hydrogen-bond acceptors (Lipinski definition) is 4. The average Bonchev–Trinajstić information content (AvgIpc) is 3.47. The van der Waals surface area contributed by atoms with Gasteiger partial charge in [-0.15, -0.1) is 0 Å². The van der Waals surface area contributed by atoms with Crippen molar-refractivity contribution in [3.8, 4) is 0 Å². The van der Waals surface area contributed by atoms with Gasteiger partial charge in [0.1, 0.15) is 5.84 Å². The van der Waals surface area contributed by atoms with Gasteiger partial charge in [0.2, 0.25) is 0 Å². The Morgan fingerprint density at radius 2 is 1.58 bits per heavy atom. The normalized spacial score (nSPS) is 20.1. The van der Waals surface area contributed by atoms with E-state index in [1.807, 2.05) is 0 Å². The lowest BCUT2D eigenvalue weighted by molar-refractivity contribution is 0.358. The maximum atomic E-state index is 5.14. The molecule has 1 saturated heterocycles. The molecule has 122 valence electrons. The van der Waals surface area contributed by atoms with Crippen LogP contribution in [0.25, 0.3) is 0 Å². The minimum absolute atomic E-state index is 0.616. The quantitative estimate of drug-likeness (QED) is 0.875. The fourth-order valence-corrected chi connectivity index (χ4v) is 3.78. The average molecular weight is 318 g/mol. The Morgan fingerprint density at radius 3 is 2.38 bits per heavy atom. The molecule has 1 N–H and O–H groups in total. The highest BCUT2D eigenvalue weighted by molar-refractivity contribution is 6.08. The summed E-state index contributed by atoms with van der Waals surface area (Å²) in [5.74, 6) is 1.13. The lowest BCUT2D eigenvalue weighted by Crippen LogP contribution is -2.46. The predicted octanol–water partition coefficient (Wildman–Crippen LogP) is 3.28. The summed E-state index contributed by atoms with van der Waals surface area (Å²) in [7, 11) is 0. The molecule has 0 unspecified atom stereocenters. The van der Waals surface area contributed by atoms with Gasteiger partial charge in [-0.2, -0.15) is 0 Å². The first kappa shape index (κ1) is 14.1. The Hall–Kier alpha value is -2.33. The number of nitrogens with one attached hydrogen (secondary N) is 1. The van der Waals surface area contributed by atoms with E-state index in [0.29, 0.717) is 6.04 Å². The second kappa shape index (κ2) is 5.64. The minimum atomic E-state index is 0.616. The van der Waals surface area contributed by atoms with Gasteiger partial charge in [0.25, 0.3) is 0 Å². The zero-order valence-corrected chi connectivity index (χ0v) is 13.8. The summed E-state index contributed by atoms with van der Waals surface area (Å²) in [5, 5.41) is 3.44. The number of nitrogens with zero attached hydrogens (tertiary/aromatic N) is 3. The highest BCUT2D eigenvalue weighted by Gasteiger charge is 2.35.